The Kier molecular flexibility index (Phi) is 4.03. The lowest BCUT2D eigenvalue weighted by atomic mass is 10.2. The molecule has 4 rings (SSSR count). The van der Waals surface area contributed by atoms with Crippen molar-refractivity contribution in [3.05, 3.63) is 48.8 Å². The number of aromatic nitrogens is 4. The van der Waals surface area contributed by atoms with Crippen molar-refractivity contribution in [2.24, 2.45) is 0 Å². The Bertz CT molecular complexity index is 1010. The maximum Gasteiger partial charge on any atom is 0.163 e. The van der Waals surface area contributed by atoms with Crippen molar-refractivity contribution in [2.45, 2.75) is 0 Å². The lowest BCUT2D eigenvalue weighted by Crippen LogP contribution is -2.21. The molecule has 6 heteroatoms. The predicted molar refractivity (Wildman–Crippen MR) is 102 cm³/mol. The molecule has 0 aliphatic carbocycles. The fourth-order valence-electron chi connectivity index (χ4n) is 2.86. The van der Waals surface area contributed by atoms with E-state index >= 15 is 0 Å². The number of rotatable bonds is 5. The maximum absolute atomic E-state index is 4.80. The van der Waals surface area contributed by atoms with E-state index in [2.05, 4.69) is 46.4 Å². The Labute approximate surface area is 145 Å². The third kappa shape index (κ3) is 3.04. The van der Waals surface area contributed by atoms with Gasteiger partial charge < -0.3 is 15.2 Å². The summed E-state index contributed by atoms with van der Waals surface area (Å²) in [6.45, 7) is 1.73. The lowest BCUT2D eigenvalue weighted by Gasteiger charge is -2.12. The molecule has 0 bridgehead atoms. The minimum atomic E-state index is 0.678. The Morgan fingerprint density at radius 1 is 1.08 bits per heavy atom. The smallest absolute Gasteiger partial charge is 0.163 e. The van der Waals surface area contributed by atoms with E-state index in [4.69, 9.17) is 9.97 Å². The van der Waals surface area contributed by atoms with Crippen molar-refractivity contribution in [2.75, 3.05) is 32.5 Å². The third-order valence-electron chi connectivity index (χ3n) is 4.12. The van der Waals surface area contributed by atoms with Gasteiger partial charge in [0.05, 0.1) is 0 Å². The van der Waals surface area contributed by atoms with Gasteiger partial charge in [-0.15, -0.1) is 0 Å². The van der Waals surface area contributed by atoms with Crippen molar-refractivity contribution in [3.63, 3.8) is 0 Å². The first kappa shape index (κ1) is 15.5. The summed E-state index contributed by atoms with van der Waals surface area (Å²) in [6, 6.07) is 12.1. The van der Waals surface area contributed by atoms with Gasteiger partial charge in [0.2, 0.25) is 0 Å². The van der Waals surface area contributed by atoms with Gasteiger partial charge in [0.25, 0.3) is 0 Å². The predicted octanol–water partition coefficient (Wildman–Crippen LogP) is 3.15. The molecule has 0 spiro atoms. The molecule has 126 valence electrons. The molecule has 6 nitrogen and oxygen atoms in total. The molecule has 2 N–H and O–H groups in total. The Balaban J connectivity index is 1.87. The van der Waals surface area contributed by atoms with Gasteiger partial charge in [-0.05, 0) is 32.3 Å². The summed E-state index contributed by atoms with van der Waals surface area (Å²) < 4.78 is 0. The second-order valence-electron chi connectivity index (χ2n) is 6.26. The molecule has 1 aromatic carbocycles. The normalized spacial score (nSPS) is 11.5. The summed E-state index contributed by atoms with van der Waals surface area (Å²) in [6.07, 6.45) is 3.55. The fraction of sp³-hybridized carbons (Fsp3) is 0.211. The van der Waals surface area contributed by atoms with Crippen molar-refractivity contribution < 1.29 is 0 Å². The molecule has 0 amide bonds. The zero-order valence-corrected chi connectivity index (χ0v) is 14.3. The van der Waals surface area contributed by atoms with Crippen LogP contribution in [0.4, 0.5) is 5.82 Å². The molecule has 0 saturated carbocycles. The number of pyridine rings is 1. The van der Waals surface area contributed by atoms with Gasteiger partial charge in [0.15, 0.2) is 11.6 Å². The highest BCUT2D eigenvalue weighted by molar-refractivity contribution is 6.08. The molecule has 0 fully saturated rings. The van der Waals surface area contributed by atoms with Crippen LogP contribution in [0.3, 0.4) is 0 Å². The number of H-pyrrole nitrogens is 1. The molecule has 3 aromatic heterocycles. The van der Waals surface area contributed by atoms with Crippen LogP contribution in [0.1, 0.15) is 0 Å². The molecule has 3 heterocycles. The number of fused-ring (bicyclic) bond motifs is 3. The topological polar surface area (TPSA) is 69.7 Å². The third-order valence-corrected chi connectivity index (χ3v) is 4.12. The minimum absolute atomic E-state index is 0.678. The van der Waals surface area contributed by atoms with E-state index in [0.29, 0.717) is 5.82 Å². The van der Waals surface area contributed by atoms with Gasteiger partial charge >= 0.3 is 0 Å². The number of nitrogens with zero attached hydrogens (tertiary/aromatic N) is 4. The number of aromatic amines is 1. The molecular weight excluding hydrogens is 312 g/mol. The Morgan fingerprint density at radius 3 is 2.76 bits per heavy atom. The Hall–Kier alpha value is -2.99. The van der Waals surface area contributed by atoms with Gasteiger partial charge in [0, 0.05) is 41.9 Å². The molecule has 0 aliphatic heterocycles. The zero-order valence-electron chi connectivity index (χ0n) is 14.3. The van der Waals surface area contributed by atoms with E-state index in [-0.39, 0.29) is 0 Å². The highest BCUT2D eigenvalue weighted by Crippen LogP contribution is 2.30. The number of likely N-dealkylation sites (N-methyl/N-ethyl adjacent to an activating group) is 1. The molecule has 25 heavy (non-hydrogen) atoms. The molecule has 0 radical (unpaired) electrons. The summed E-state index contributed by atoms with van der Waals surface area (Å²) in [5.41, 5.74) is 3.83. The van der Waals surface area contributed by atoms with Crippen molar-refractivity contribution >= 4 is 27.8 Å². The van der Waals surface area contributed by atoms with Crippen LogP contribution in [0.2, 0.25) is 0 Å². The number of para-hydroxylation sites is 1. The summed E-state index contributed by atoms with van der Waals surface area (Å²) in [7, 11) is 4.11. The number of hydrogen-bond donors (Lipinski definition) is 2. The quantitative estimate of drug-likeness (QED) is 0.587. The summed E-state index contributed by atoms with van der Waals surface area (Å²) in [4.78, 5) is 19.3. The molecule has 0 saturated heterocycles. The summed E-state index contributed by atoms with van der Waals surface area (Å²) in [5.74, 6) is 1.50. The van der Waals surface area contributed by atoms with E-state index in [9.17, 15) is 0 Å². The van der Waals surface area contributed by atoms with Crippen LogP contribution in [0, 0.1) is 0 Å². The first-order valence-corrected chi connectivity index (χ1v) is 8.30. The van der Waals surface area contributed by atoms with Crippen LogP contribution in [0.25, 0.3) is 33.3 Å². The first-order chi connectivity index (χ1) is 12.2. The van der Waals surface area contributed by atoms with Crippen molar-refractivity contribution in [1.82, 2.24) is 24.8 Å². The second-order valence-corrected chi connectivity index (χ2v) is 6.26. The van der Waals surface area contributed by atoms with Gasteiger partial charge in [-0.1, -0.05) is 18.2 Å². The van der Waals surface area contributed by atoms with E-state index in [1.807, 2.05) is 24.3 Å². The number of anilines is 1. The monoisotopic (exact) mass is 332 g/mol. The number of nitrogens with one attached hydrogen (secondary N) is 2. The Morgan fingerprint density at radius 2 is 1.96 bits per heavy atom. The van der Waals surface area contributed by atoms with Gasteiger partial charge in [-0.2, -0.15) is 0 Å². The van der Waals surface area contributed by atoms with Crippen LogP contribution in [-0.2, 0) is 0 Å². The average Bonchev–Trinajstić information content (AvgIpc) is 3.01. The van der Waals surface area contributed by atoms with E-state index in [1.165, 1.54) is 0 Å². The SMILES string of the molecule is CN(C)CCNc1nc(-c2cccnc2)nc2c1[nH]c1ccccc12. The van der Waals surface area contributed by atoms with Gasteiger partial charge in [-0.3, -0.25) is 4.98 Å². The largest absolute Gasteiger partial charge is 0.367 e. The van der Waals surface area contributed by atoms with Crippen LogP contribution < -0.4 is 5.32 Å². The second kappa shape index (κ2) is 6.49. The van der Waals surface area contributed by atoms with E-state index < -0.39 is 0 Å². The van der Waals surface area contributed by atoms with Crippen LogP contribution in [0.15, 0.2) is 48.8 Å². The van der Waals surface area contributed by atoms with Crippen LogP contribution >= 0.6 is 0 Å². The van der Waals surface area contributed by atoms with Crippen LogP contribution in [0.5, 0.6) is 0 Å². The molecule has 0 atom stereocenters. The summed E-state index contributed by atoms with van der Waals surface area (Å²) in [5, 5.41) is 4.54. The van der Waals surface area contributed by atoms with Crippen LogP contribution in [-0.4, -0.2) is 52.0 Å². The van der Waals surface area contributed by atoms with E-state index in [0.717, 1.165) is 46.4 Å². The van der Waals surface area contributed by atoms with Crippen molar-refractivity contribution in [1.29, 1.82) is 0 Å². The number of benzene rings is 1. The molecular formula is C19H20N6. The first-order valence-electron chi connectivity index (χ1n) is 8.30. The standard InChI is InChI=1S/C19H20N6/c1-25(2)11-10-21-19-17-16(14-7-3-4-8-15(14)22-17)23-18(24-19)13-6-5-9-20-12-13/h3-9,12,22H,10-11H2,1-2H3,(H,21,23,24). The molecule has 0 unspecified atom stereocenters. The maximum atomic E-state index is 4.80. The highest BCUT2D eigenvalue weighted by Gasteiger charge is 2.14. The summed E-state index contributed by atoms with van der Waals surface area (Å²) >= 11 is 0. The van der Waals surface area contributed by atoms with Gasteiger partial charge in [-0.25, -0.2) is 9.97 Å². The lowest BCUT2D eigenvalue weighted by molar-refractivity contribution is 0.425. The molecule has 4 aromatic rings. The van der Waals surface area contributed by atoms with E-state index in [1.54, 1.807) is 12.4 Å². The van der Waals surface area contributed by atoms with Gasteiger partial charge in [0.1, 0.15) is 11.0 Å². The zero-order chi connectivity index (χ0) is 17.2. The average molecular weight is 332 g/mol. The number of hydrogen-bond acceptors (Lipinski definition) is 5. The van der Waals surface area contributed by atoms with Crippen molar-refractivity contribution in [3.8, 4) is 11.4 Å². The highest BCUT2D eigenvalue weighted by atomic mass is 15.1. The minimum Gasteiger partial charge on any atom is -0.367 e. The fourth-order valence-corrected chi connectivity index (χ4v) is 2.86. The molecule has 0 aliphatic rings.